The summed E-state index contributed by atoms with van der Waals surface area (Å²) in [5.74, 6) is -4.72. The van der Waals surface area contributed by atoms with E-state index < -0.39 is 46.5 Å². The van der Waals surface area contributed by atoms with Crippen LogP contribution in [0.1, 0.15) is 11.1 Å². The van der Waals surface area contributed by atoms with Crippen molar-refractivity contribution in [3.8, 4) is 11.4 Å². The van der Waals surface area contributed by atoms with Gasteiger partial charge in [-0.1, -0.05) is 72.8 Å². The molecule has 0 spiro atoms. The summed E-state index contributed by atoms with van der Waals surface area (Å²) >= 11 is 0. The Bertz CT molecular complexity index is 3590. The number of aryl methyl sites for hydroxylation is 2. The number of hydrogen-bond acceptors (Lipinski definition) is 0. The van der Waals surface area contributed by atoms with E-state index in [0.717, 1.165) is 31.1 Å². The van der Waals surface area contributed by atoms with Crippen LogP contribution in [0, 0.1) is 11.6 Å². The second kappa shape index (κ2) is 11.4. The minimum Gasteiger partial charge on any atom is -0.344 e. The highest BCUT2D eigenvalue weighted by Crippen LogP contribution is 2.51. The predicted octanol–water partition coefficient (Wildman–Crippen LogP) is 13.5. The summed E-state index contributed by atoms with van der Waals surface area (Å²) in [7, 11) is 3.66. The monoisotopic (exact) mass is 786 g/mol. The van der Waals surface area contributed by atoms with Gasteiger partial charge < -0.3 is 18.3 Å². The van der Waals surface area contributed by atoms with Gasteiger partial charge in [-0.2, -0.15) is 26.3 Å². The molecule has 0 amide bonds. The van der Waals surface area contributed by atoms with E-state index in [0.29, 0.717) is 43.2 Å². The van der Waals surface area contributed by atoms with Crippen LogP contribution in [0.5, 0.6) is 0 Å². The van der Waals surface area contributed by atoms with Crippen LogP contribution in [0.4, 0.5) is 35.1 Å². The maximum absolute atomic E-state index is 17.0. The van der Waals surface area contributed by atoms with Gasteiger partial charge in [0.15, 0.2) is 11.6 Å². The van der Waals surface area contributed by atoms with Gasteiger partial charge in [0.1, 0.15) is 11.1 Å². The molecule has 4 nitrogen and oxygen atoms in total. The molecule has 0 saturated carbocycles. The molecule has 0 bridgehead atoms. The average molecular weight is 787 g/mol. The van der Waals surface area contributed by atoms with E-state index in [1.807, 2.05) is 59.6 Å². The largest absolute Gasteiger partial charge is 0.421 e. The van der Waals surface area contributed by atoms with Gasteiger partial charge in [0.05, 0.1) is 33.4 Å². The Hall–Kier alpha value is -6.82. The van der Waals surface area contributed by atoms with Gasteiger partial charge in [-0.15, -0.1) is 0 Å². The first-order valence-electron chi connectivity index (χ1n) is 18.3. The summed E-state index contributed by atoms with van der Waals surface area (Å²) < 4.78 is 134. The normalized spacial score (nSPS) is 13.0. The van der Waals surface area contributed by atoms with Gasteiger partial charge in [-0.05, 0) is 48.5 Å². The second-order valence-corrected chi connectivity index (χ2v) is 14.7. The number of alkyl halides is 6. The van der Waals surface area contributed by atoms with E-state index in [2.05, 4.69) is 0 Å². The topological polar surface area (TPSA) is 19.7 Å². The lowest BCUT2D eigenvalue weighted by atomic mass is 10.00. The molecule has 0 fully saturated rings. The number of para-hydroxylation sites is 4. The molecule has 0 unspecified atom stereocenters. The molecule has 0 saturated heterocycles. The van der Waals surface area contributed by atoms with Crippen molar-refractivity contribution in [2.45, 2.75) is 12.4 Å². The van der Waals surface area contributed by atoms with Crippen molar-refractivity contribution >= 4 is 87.2 Å². The Morgan fingerprint density at radius 3 is 1.09 bits per heavy atom. The first kappa shape index (κ1) is 34.4. The molecule has 0 N–H and O–H groups in total. The molecule has 11 rings (SSSR count). The first-order chi connectivity index (χ1) is 27.8. The molecular weight excluding hydrogens is 761 g/mol. The Labute approximate surface area is 321 Å². The maximum atomic E-state index is 17.0. The minimum absolute atomic E-state index is 0.0438. The van der Waals surface area contributed by atoms with E-state index in [-0.39, 0.29) is 22.1 Å². The molecule has 7 aromatic carbocycles. The number of nitrogens with zero attached hydrogens (tertiary/aromatic N) is 4. The van der Waals surface area contributed by atoms with Crippen molar-refractivity contribution in [1.82, 2.24) is 18.3 Å². The van der Waals surface area contributed by atoms with Crippen LogP contribution in [0.15, 0.2) is 121 Å². The maximum Gasteiger partial charge on any atom is 0.421 e. The van der Waals surface area contributed by atoms with Gasteiger partial charge >= 0.3 is 12.4 Å². The molecular formula is C46H26F8N4. The predicted molar refractivity (Wildman–Crippen MR) is 213 cm³/mol. The van der Waals surface area contributed by atoms with Crippen LogP contribution in [0.25, 0.3) is 98.6 Å². The summed E-state index contributed by atoms with van der Waals surface area (Å²) in [6.07, 6.45) is -11.4. The highest BCUT2D eigenvalue weighted by atomic mass is 19.4. The van der Waals surface area contributed by atoms with Gasteiger partial charge in [0.2, 0.25) is 0 Å². The highest BCUT2D eigenvalue weighted by Gasteiger charge is 2.49. The fourth-order valence-corrected chi connectivity index (χ4v) is 9.35. The van der Waals surface area contributed by atoms with Crippen LogP contribution in [-0.4, -0.2) is 18.3 Å². The third-order valence-electron chi connectivity index (χ3n) is 11.8. The Kier molecular flexibility index (Phi) is 6.77. The van der Waals surface area contributed by atoms with Crippen molar-refractivity contribution in [3.05, 3.63) is 144 Å². The van der Waals surface area contributed by atoms with Crippen molar-refractivity contribution in [2.75, 3.05) is 0 Å². The zero-order valence-electron chi connectivity index (χ0n) is 30.4. The smallest absolute Gasteiger partial charge is 0.344 e. The van der Waals surface area contributed by atoms with Gasteiger partial charge in [-0.25, -0.2) is 8.78 Å². The molecule has 286 valence electrons. The molecule has 0 aliphatic rings. The number of hydrogen-bond donors (Lipinski definition) is 0. The summed E-state index contributed by atoms with van der Waals surface area (Å²) in [6, 6.07) is 33.6. The van der Waals surface area contributed by atoms with Gasteiger partial charge in [0, 0.05) is 79.3 Å². The lowest BCUT2D eigenvalue weighted by Gasteiger charge is -2.26. The van der Waals surface area contributed by atoms with Crippen molar-refractivity contribution in [3.63, 3.8) is 0 Å². The SMILES string of the molecule is Cn1c2ccccc2c2cc3c(cc21)c1ccccc1n3-c1c(F)c(F)c(C(F)(F)F)c(-n2c3ccccc3c3cc4c(cc32)c2ccccc2n4C)c1C(F)(F)F. The van der Waals surface area contributed by atoms with Crippen LogP contribution >= 0.6 is 0 Å². The number of rotatable bonds is 2. The molecule has 11 aromatic rings. The van der Waals surface area contributed by atoms with Crippen LogP contribution in [0.3, 0.4) is 0 Å². The standard InChI is InChI=1S/C46H26F8N4/c1-55-31-15-7-3-11-23(31)27-21-37-29(19-35(27)55)25-13-5-9-17-33(25)57(37)43-39(45(49,50)51)41(47)42(48)44(40(43)46(52,53)54)58-34-18-10-6-14-26(34)30-20-36-28(22-38(30)58)24-12-4-8-16-32(24)56(36)2/h3-22H,1-2H3. The number of benzene rings is 7. The average Bonchev–Trinajstić information content (AvgIpc) is 3.88. The zero-order valence-corrected chi connectivity index (χ0v) is 30.4. The third-order valence-corrected chi connectivity index (χ3v) is 11.8. The van der Waals surface area contributed by atoms with Crippen molar-refractivity contribution < 1.29 is 35.1 Å². The van der Waals surface area contributed by atoms with Gasteiger partial charge in [0.25, 0.3) is 0 Å². The Morgan fingerprint density at radius 1 is 0.345 bits per heavy atom. The van der Waals surface area contributed by atoms with Crippen LogP contribution < -0.4 is 0 Å². The quantitative estimate of drug-likeness (QED) is 0.156. The summed E-state index contributed by atoms with van der Waals surface area (Å²) in [4.78, 5) is 0. The van der Waals surface area contributed by atoms with Gasteiger partial charge in [-0.3, -0.25) is 0 Å². The summed E-state index contributed by atoms with van der Waals surface area (Å²) in [5.41, 5.74) is -4.26. The highest BCUT2D eigenvalue weighted by molar-refractivity contribution is 6.20. The van der Waals surface area contributed by atoms with E-state index in [9.17, 15) is 0 Å². The molecule has 4 heterocycles. The van der Waals surface area contributed by atoms with Crippen LogP contribution in [-0.2, 0) is 26.4 Å². The minimum atomic E-state index is -5.77. The zero-order chi connectivity index (χ0) is 40.2. The molecule has 4 aromatic heterocycles. The lowest BCUT2D eigenvalue weighted by Crippen LogP contribution is -2.24. The van der Waals surface area contributed by atoms with Crippen molar-refractivity contribution in [2.24, 2.45) is 14.1 Å². The van der Waals surface area contributed by atoms with E-state index >= 15 is 35.1 Å². The first-order valence-corrected chi connectivity index (χ1v) is 18.3. The molecule has 12 heteroatoms. The van der Waals surface area contributed by atoms with Crippen LogP contribution in [0.2, 0.25) is 0 Å². The Morgan fingerprint density at radius 2 is 0.672 bits per heavy atom. The molecule has 58 heavy (non-hydrogen) atoms. The molecule has 0 radical (unpaired) electrons. The molecule has 0 atom stereocenters. The summed E-state index contributed by atoms with van der Waals surface area (Å²) in [6.45, 7) is 0. The van der Waals surface area contributed by atoms with E-state index in [1.54, 1.807) is 54.6 Å². The Balaban J connectivity index is 1.38. The third kappa shape index (κ3) is 4.39. The summed E-state index contributed by atoms with van der Waals surface area (Å²) in [5, 5.41) is 4.08. The van der Waals surface area contributed by atoms with E-state index in [1.165, 1.54) is 30.3 Å². The fraction of sp³-hybridized carbons (Fsp3) is 0.0870. The number of fused-ring (bicyclic) bond motifs is 12. The molecule has 0 aliphatic heterocycles. The lowest BCUT2D eigenvalue weighted by molar-refractivity contribution is -0.144. The second-order valence-electron chi connectivity index (χ2n) is 14.7. The van der Waals surface area contributed by atoms with E-state index in [4.69, 9.17) is 0 Å². The number of halogens is 8. The number of aromatic nitrogens is 4. The fourth-order valence-electron chi connectivity index (χ4n) is 9.35. The molecule has 0 aliphatic carbocycles. The van der Waals surface area contributed by atoms with Crippen molar-refractivity contribution in [1.29, 1.82) is 0 Å².